The van der Waals surface area contributed by atoms with E-state index >= 15 is 0 Å². The van der Waals surface area contributed by atoms with Gasteiger partial charge in [-0.25, -0.2) is 4.79 Å². The number of nitro groups is 1. The molecule has 28 heavy (non-hydrogen) atoms. The Hall–Kier alpha value is -3.52. The summed E-state index contributed by atoms with van der Waals surface area (Å²) in [6.45, 7) is -0.542. The Morgan fingerprint density at radius 3 is 2.43 bits per heavy atom. The van der Waals surface area contributed by atoms with Crippen LogP contribution in [0.5, 0.6) is 0 Å². The number of esters is 1. The molecule has 0 unspecified atom stereocenters. The number of carbonyl (C=O) groups is 2. The third-order valence-electron chi connectivity index (χ3n) is 3.92. The predicted octanol–water partition coefficient (Wildman–Crippen LogP) is 3.72. The minimum absolute atomic E-state index is 0.196. The van der Waals surface area contributed by atoms with E-state index in [9.17, 15) is 19.7 Å². The molecule has 3 rings (SSSR count). The fourth-order valence-electron chi connectivity index (χ4n) is 2.64. The van der Waals surface area contributed by atoms with Gasteiger partial charge >= 0.3 is 5.97 Å². The molecule has 0 bridgehead atoms. The number of carbonyl (C=O) groups excluding carboxylic acids is 2. The summed E-state index contributed by atoms with van der Waals surface area (Å²) in [7, 11) is 0. The zero-order valence-electron chi connectivity index (χ0n) is 14.6. The van der Waals surface area contributed by atoms with Crippen molar-refractivity contribution in [2.75, 3.05) is 6.61 Å². The molecule has 0 saturated carbocycles. The zero-order valence-corrected chi connectivity index (χ0v) is 15.4. The van der Waals surface area contributed by atoms with Gasteiger partial charge in [-0.2, -0.15) is 0 Å². The van der Waals surface area contributed by atoms with E-state index in [1.807, 2.05) is 47.8 Å². The van der Waals surface area contributed by atoms with Gasteiger partial charge in [0.2, 0.25) is 0 Å². The lowest BCUT2D eigenvalue weighted by Gasteiger charge is -2.18. The van der Waals surface area contributed by atoms with E-state index in [1.165, 1.54) is 35.6 Å². The van der Waals surface area contributed by atoms with Gasteiger partial charge in [-0.15, -0.1) is 11.3 Å². The number of thiophene rings is 1. The van der Waals surface area contributed by atoms with Crippen LogP contribution < -0.4 is 5.32 Å². The van der Waals surface area contributed by atoms with Crippen molar-refractivity contribution in [1.29, 1.82) is 0 Å². The van der Waals surface area contributed by atoms with E-state index in [0.717, 1.165) is 10.4 Å². The van der Waals surface area contributed by atoms with E-state index in [-0.39, 0.29) is 17.3 Å². The van der Waals surface area contributed by atoms with E-state index < -0.39 is 23.4 Å². The molecule has 1 aromatic heterocycles. The Balaban J connectivity index is 1.67. The number of para-hydroxylation sites is 1. The van der Waals surface area contributed by atoms with Crippen LogP contribution in [-0.2, 0) is 9.53 Å². The van der Waals surface area contributed by atoms with Crippen molar-refractivity contribution in [1.82, 2.24) is 5.32 Å². The predicted molar refractivity (Wildman–Crippen MR) is 104 cm³/mol. The summed E-state index contributed by atoms with van der Waals surface area (Å²) in [6, 6.07) is 18.3. The average molecular weight is 396 g/mol. The lowest BCUT2D eigenvalue weighted by molar-refractivity contribution is -0.385. The van der Waals surface area contributed by atoms with Crippen LogP contribution >= 0.6 is 11.3 Å². The van der Waals surface area contributed by atoms with Gasteiger partial charge in [0.05, 0.1) is 11.0 Å². The smallest absolute Gasteiger partial charge is 0.345 e. The molecule has 0 aliphatic heterocycles. The summed E-state index contributed by atoms with van der Waals surface area (Å²) in [5.41, 5.74) is 0.329. The Bertz CT molecular complexity index is 973. The quantitative estimate of drug-likeness (QED) is 0.373. The fraction of sp³-hybridized carbons (Fsp3) is 0.100. The van der Waals surface area contributed by atoms with Crippen molar-refractivity contribution >= 4 is 28.9 Å². The second kappa shape index (κ2) is 8.92. The largest absolute Gasteiger partial charge is 0.452 e. The molecule has 8 heteroatoms. The van der Waals surface area contributed by atoms with Crippen LogP contribution in [0.1, 0.15) is 26.8 Å². The number of hydrogen-bond acceptors (Lipinski definition) is 6. The summed E-state index contributed by atoms with van der Waals surface area (Å²) >= 11 is 1.50. The Labute approximate surface area is 164 Å². The first kappa shape index (κ1) is 19.2. The molecule has 1 atom stereocenters. The number of ether oxygens (including phenoxy) is 1. The van der Waals surface area contributed by atoms with Crippen LogP contribution in [0.4, 0.5) is 5.69 Å². The van der Waals surface area contributed by atoms with Gasteiger partial charge in [0.1, 0.15) is 5.56 Å². The maximum Gasteiger partial charge on any atom is 0.345 e. The minimum atomic E-state index is -0.921. The van der Waals surface area contributed by atoms with E-state index in [4.69, 9.17) is 4.74 Å². The number of nitrogens with one attached hydrogen (secondary N) is 1. The van der Waals surface area contributed by atoms with Gasteiger partial charge in [0, 0.05) is 10.9 Å². The molecule has 1 heterocycles. The molecule has 0 radical (unpaired) electrons. The normalized spacial score (nSPS) is 11.4. The minimum Gasteiger partial charge on any atom is -0.452 e. The van der Waals surface area contributed by atoms with Crippen molar-refractivity contribution in [2.45, 2.75) is 6.04 Å². The Morgan fingerprint density at radius 1 is 1.04 bits per heavy atom. The molecule has 0 aliphatic carbocycles. The summed E-state index contributed by atoms with van der Waals surface area (Å²) in [5, 5.41) is 15.8. The fourth-order valence-corrected chi connectivity index (χ4v) is 3.44. The number of rotatable bonds is 7. The standard InChI is InChI=1S/C20H16N2O5S/c23-18(13-27-20(24)15-9-4-5-10-16(15)22(25)26)21-19(17-11-6-12-28-17)14-7-2-1-3-8-14/h1-12,19H,13H2,(H,21,23)/t19-/m0/s1. The van der Waals surface area contributed by atoms with Crippen LogP contribution in [0.25, 0.3) is 0 Å². The van der Waals surface area contributed by atoms with E-state index in [1.54, 1.807) is 0 Å². The zero-order chi connectivity index (χ0) is 19.9. The average Bonchev–Trinajstić information content (AvgIpc) is 3.25. The Morgan fingerprint density at radius 2 is 1.75 bits per heavy atom. The van der Waals surface area contributed by atoms with Crippen LogP contribution in [0.3, 0.4) is 0 Å². The molecule has 0 aliphatic rings. The molecule has 0 saturated heterocycles. The van der Waals surface area contributed by atoms with Crippen molar-refractivity contribution in [3.05, 3.63) is 98.2 Å². The van der Waals surface area contributed by atoms with Crippen LogP contribution in [0, 0.1) is 10.1 Å². The molecule has 142 valence electrons. The van der Waals surface area contributed by atoms with Gasteiger partial charge in [0.25, 0.3) is 11.6 Å². The second-order valence-electron chi connectivity index (χ2n) is 5.78. The van der Waals surface area contributed by atoms with Gasteiger partial charge < -0.3 is 10.1 Å². The van der Waals surface area contributed by atoms with Crippen molar-refractivity contribution in [3.8, 4) is 0 Å². The molecule has 3 aromatic rings. The Kier molecular flexibility index (Phi) is 6.13. The molecule has 0 spiro atoms. The highest BCUT2D eigenvalue weighted by atomic mass is 32.1. The number of benzene rings is 2. The van der Waals surface area contributed by atoms with Gasteiger partial charge in [-0.1, -0.05) is 48.5 Å². The summed E-state index contributed by atoms with van der Waals surface area (Å²) in [6.07, 6.45) is 0. The molecule has 0 fully saturated rings. The first-order valence-electron chi connectivity index (χ1n) is 8.34. The van der Waals surface area contributed by atoms with Crippen molar-refractivity contribution in [2.24, 2.45) is 0 Å². The molecule has 1 N–H and O–H groups in total. The third-order valence-corrected chi connectivity index (χ3v) is 4.86. The highest BCUT2D eigenvalue weighted by Gasteiger charge is 2.22. The first-order valence-corrected chi connectivity index (χ1v) is 9.22. The summed E-state index contributed by atoms with van der Waals surface area (Å²) in [5.74, 6) is -1.43. The van der Waals surface area contributed by atoms with Crippen LogP contribution in [0.15, 0.2) is 72.1 Å². The lowest BCUT2D eigenvalue weighted by atomic mass is 10.1. The third kappa shape index (κ3) is 4.60. The maximum absolute atomic E-state index is 12.4. The highest BCUT2D eigenvalue weighted by Crippen LogP contribution is 2.26. The molecule has 2 aromatic carbocycles. The highest BCUT2D eigenvalue weighted by molar-refractivity contribution is 7.10. The summed E-state index contributed by atoms with van der Waals surface area (Å²) in [4.78, 5) is 35.8. The molecular formula is C20H16N2O5S. The molecule has 7 nitrogen and oxygen atoms in total. The number of hydrogen-bond donors (Lipinski definition) is 1. The SMILES string of the molecule is O=C(COC(=O)c1ccccc1[N+](=O)[O-])N[C@@H](c1ccccc1)c1cccs1. The van der Waals surface area contributed by atoms with Crippen LogP contribution in [-0.4, -0.2) is 23.4 Å². The molecule has 1 amide bonds. The first-order chi connectivity index (χ1) is 13.6. The van der Waals surface area contributed by atoms with Crippen molar-refractivity contribution < 1.29 is 19.2 Å². The van der Waals surface area contributed by atoms with Gasteiger partial charge in [-0.05, 0) is 23.1 Å². The number of amides is 1. The monoisotopic (exact) mass is 396 g/mol. The summed E-state index contributed by atoms with van der Waals surface area (Å²) < 4.78 is 4.98. The van der Waals surface area contributed by atoms with Gasteiger partial charge in [0.15, 0.2) is 6.61 Å². The lowest BCUT2D eigenvalue weighted by Crippen LogP contribution is -2.32. The van der Waals surface area contributed by atoms with E-state index in [2.05, 4.69) is 5.32 Å². The molecular weight excluding hydrogens is 380 g/mol. The van der Waals surface area contributed by atoms with Crippen LogP contribution in [0.2, 0.25) is 0 Å². The van der Waals surface area contributed by atoms with Crippen molar-refractivity contribution in [3.63, 3.8) is 0 Å². The second-order valence-corrected chi connectivity index (χ2v) is 6.76. The van der Waals surface area contributed by atoms with E-state index in [0.29, 0.717) is 0 Å². The number of nitro benzene ring substituents is 1. The number of nitrogens with zero attached hydrogens (tertiary/aromatic N) is 1. The topological polar surface area (TPSA) is 98.5 Å². The van der Waals surface area contributed by atoms with Gasteiger partial charge in [-0.3, -0.25) is 14.9 Å². The maximum atomic E-state index is 12.4.